The lowest BCUT2D eigenvalue weighted by atomic mass is 9.79. The van der Waals surface area contributed by atoms with Gasteiger partial charge in [0.15, 0.2) is 0 Å². The predicted octanol–water partition coefficient (Wildman–Crippen LogP) is 7.24. The van der Waals surface area contributed by atoms with E-state index in [2.05, 4.69) is 0 Å². The lowest BCUT2D eigenvalue weighted by molar-refractivity contribution is -0.138. The third kappa shape index (κ3) is 3.88. The number of benzene rings is 4. The first kappa shape index (κ1) is 21.3. The van der Waals surface area contributed by atoms with Gasteiger partial charge in [0.25, 0.3) is 0 Å². The Morgan fingerprint density at radius 1 is 0.879 bits per heavy atom. The fourth-order valence-electron chi connectivity index (χ4n) is 4.78. The van der Waals surface area contributed by atoms with Gasteiger partial charge in [-0.25, -0.2) is 0 Å². The molecule has 1 atom stereocenters. The number of alkyl halides is 3. The maximum absolute atomic E-state index is 13.9. The molecule has 166 valence electrons. The van der Waals surface area contributed by atoms with Crippen molar-refractivity contribution in [2.24, 2.45) is 0 Å². The lowest BCUT2D eigenvalue weighted by Gasteiger charge is -2.36. The number of hydrogen-bond acceptors (Lipinski definition) is 1. The number of amides is 1. The minimum Gasteiger partial charge on any atom is -0.308 e. The van der Waals surface area contributed by atoms with Crippen LogP contribution in [0.3, 0.4) is 0 Å². The van der Waals surface area contributed by atoms with Crippen LogP contribution >= 0.6 is 0 Å². The van der Waals surface area contributed by atoms with Crippen LogP contribution in [0, 0.1) is 6.92 Å². The Balaban J connectivity index is 1.71. The SMILES string of the molecule is Cc1ccc(CN2C(=O)CC(c3ccccc3C(F)(F)F)c3c2ccc2ccccc32)cc1. The maximum Gasteiger partial charge on any atom is 0.416 e. The number of nitrogens with zero attached hydrogens (tertiary/aromatic N) is 1. The Labute approximate surface area is 190 Å². The summed E-state index contributed by atoms with van der Waals surface area (Å²) in [5.74, 6) is -0.856. The van der Waals surface area contributed by atoms with Gasteiger partial charge in [0.2, 0.25) is 5.91 Å². The van der Waals surface area contributed by atoms with Crippen molar-refractivity contribution in [2.75, 3.05) is 4.90 Å². The molecule has 4 aromatic rings. The van der Waals surface area contributed by atoms with Crippen molar-refractivity contribution >= 4 is 22.4 Å². The fraction of sp³-hybridized carbons (Fsp3) is 0.179. The number of carbonyl (C=O) groups excluding carboxylic acids is 1. The van der Waals surface area contributed by atoms with Crippen LogP contribution in [-0.2, 0) is 17.5 Å². The summed E-state index contributed by atoms with van der Waals surface area (Å²) < 4.78 is 41.7. The molecule has 0 saturated carbocycles. The molecule has 0 N–H and O–H groups in total. The molecule has 5 rings (SSSR count). The normalized spacial score (nSPS) is 16.2. The van der Waals surface area contributed by atoms with E-state index in [-0.39, 0.29) is 17.9 Å². The summed E-state index contributed by atoms with van der Waals surface area (Å²) in [6.07, 6.45) is -4.51. The first-order valence-electron chi connectivity index (χ1n) is 10.9. The van der Waals surface area contributed by atoms with E-state index in [1.165, 1.54) is 12.1 Å². The van der Waals surface area contributed by atoms with Crippen LogP contribution in [-0.4, -0.2) is 5.91 Å². The third-order valence-corrected chi connectivity index (χ3v) is 6.37. The number of fused-ring (bicyclic) bond motifs is 3. The molecule has 1 aliphatic rings. The van der Waals surface area contributed by atoms with Gasteiger partial charge in [0.1, 0.15) is 0 Å². The van der Waals surface area contributed by atoms with E-state index < -0.39 is 17.7 Å². The third-order valence-electron chi connectivity index (χ3n) is 6.37. The molecule has 0 fully saturated rings. The van der Waals surface area contributed by atoms with Crippen LogP contribution < -0.4 is 4.90 Å². The molecular weight excluding hydrogens is 423 g/mol. The van der Waals surface area contributed by atoms with Crippen LogP contribution in [0.4, 0.5) is 18.9 Å². The average molecular weight is 445 g/mol. The van der Waals surface area contributed by atoms with Crippen molar-refractivity contribution in [2.45, 2.75) is 32.0 Å². The summed E-state index contributed by atoms with van der Waals surface area (Å²) in [6.45, 7) is 2.37. The Morgan fingerprint density at radius 3 is 2.33 bits per heavy atom. The highest BCUT2D eigenvalue weighted by atomic mass is 19.4. The molecule has 4 aromatic carbocycles. The largest absolute Gasteiger partial charge is 0.416 e. The van der Waals surface area contributed by atoms with Crippen LogP contribution in [0.2, 0.25) is 0 Å². The van der Waals surface area contributed by atoms with Gasteiger partial charge in [-0.3, -0.25) is 4.79 Å². The number of aryl methyl sites for hydroxylation is 1. The van der Waals surface area contributed by atoms with Crippen molar-refractivity contribution in [1.82, 2.24) is 0 Å². The molecule has 33 heavy (non-hydrogen) atoms. The smallest absolute Gasteiger partial charge is 0.308 e. The fourth-order valence-corrected chi connectivity index (χ4v) is 4.78. The molecule has 1 unspecified atom stereocenters. The molecule has 0 bridgehead atoms. The van der Waals surface area contributed by atoms with Crippen molar-refractivity contribution in [3.63, 3.8) is 0 Å². The number of halogens is 3. The quantitative estimate of drug-likeness (QED) is 0.326. The summed E-state index contributed by atoms with van der Waals surface area (Å²) in [5.41, 5.74) is 3.00. The lowest BCUT2D eigenvalue weighted by Crippen LogP contribution is -2.37. The monoisotopic (exact) mass is 445 g/mol. The van der Waals surface area contributed by atoms with E-state index in [1.807, 2.05) is 67.6 Å². The van der Waals surface area contributed by atoms with E-state index >= 15 is 0 Å². The molecule has 1 amide bonds. The van der Waals surface area contributed by atoms with E-state index in [1.54, 1.807) is 11.0 Å². The Morgan fingerprint density at radius 2 is 1.58 bits per heavy atom. The molecule has 1 heterocycles. The first-order chi connectivity index (χ1) is 15.8. The van der Waals surface area contributed by atoms with Gasteiger partial charge in [-0.2, -0.15) is 13.2 Å². The van der Waals surface area contributed by atoms with E-state index in [0.717, 1.165) is 33.5 Å². The summed E-state index contributed by atoms with van der Waals surface area (Å²) >= 11 is 0. The molecule has 1 aliphatic heterocycles. The Bertz CT molecular complexity index is 1340. The molecule has 2 nitrogen and oxygen atoms in total. The second-order valence-corrected chi connectivity index (χ2v) is 8.53. The van der Waals surface area contributed by atoms with Crippen molar-refractivity contribution in [1.29, 1.82) is 0 Å². The highest BCUT2D eigenvalue weighted by Gasteiger charge is 2.39. The van der Waals surface area contributed by atoms with Gasteiger partial charge in [0, 0.05) is 18.0 Å². The van der Waals surface area contributed by atoms with Gasteiger partial charge >= 0.3 is 6.18 Å². The Kier molecular flexibility index (Phi) is 5.20. The van der Waals surface area contributed by atoms with Crippen LogP contribution in [0.15, 0.2) is 84.9 Å². The number of hydrogen-bond donors (Lipinski definition) is 0. The van der Waals surface area contributed by atoms with Crippen LogP contribution in [0.5, 0.6) is 0 Å². The minimum atomic E-state index is -4.50. The maximum atomic E-state index is 13.9. The molecule has 0 aromatic heterocycles. The van der Waals surface area contributed by atoms with Crippen molar-refractivity contribution in [3.8, 4) is 0 Å². The highest BCUT2D eigenvalue weighted by molar-refractivity contribution is 6.03. The molecule has 0 saturated heterocycles. The second kappa shape index (κ2) is 8.07. The second-order valence-electron chi connectivity index (χ2n) is 8.53. The summed E-state index contributed by atoms with van der Waals surface area (Å²) in [6, 6.07) is 25.0. The van der Waals surface area contributed by atoms with Crippen LogP contribution in [0.1, 0.15) is 40.2 Å². The Hall–Kier alpha value is -3.60. The first-order valence-corrected chi connectivity index (χ1v) is 10.9. The van der Waals surface area contributed by atoms with Gasteiger partial charge < -0.3 is 4.90 Å². The summed E-state index contributed by atoms with van der Waals surface area (Å²) in [4.78, 5) is 15.1. The average Bonchev–Trinajstić information content (AvgIpc) is 2.81. The van der Waals surface area contributed by atoms with Gasteiger partial charge in [-0.15, -0.1) is 0 Å². The molecule has 0 radical (unpaired) electrons. The zero-order chi connectivity index (χ0) is 23.2. The topological polar surface area (TPSA) is 20.3 Å². The number of carbonyl (C=O) groups is 1. The summed E-state index contributed by atoms with van der Waals surface area (Å²) in [7, 11) is 0. The van der Waals surface area contributed by atoms with E-state index in [4.69, 9.17) is 0 Å². The summed E-state index contributed by atoms with van der Waals surface area (Å²) in [5, 5.41) is 1.81. The van der Waals surface area contributed by atoms with E-state index in [9.17, 15) is 18.0 Å². The highest BCUT2D eigenvalue weighted by Crippen LogP contribution is 2.47. The van der Waals surface area contributed by atoms with Crippen LogP contribution in [0.25, 0.3) is 10.8 Å². The van der Waals surface area contributed by atoms with Gasteiger partial charge in [-0.05, 0) is 46.5 Å². The zero-order valence-electron chi connectivity index (χ0n) is 18.1. The predicted molar refractivity (Wildman–Crippen MR) is 124 cm³/mol. The number of rotatable bonds is 3. The van der Waals surface area contributed by atoms with E-state index in [0.29, 0.717) is 12.2 Å². The van der Waals surface area contributed by atoms with Crippen molar-refractivity contribution < 1.29 is 18.0 Å². The minimum absolute atomic E-state index is 0.0139. The van der Waals surface area contributed by atoms with Gasteiger partial charge in [-0.1, -0.05) is 78.4 Å². The molecular formula is C28H22F3NO. The molecule has 0 aliphatic carbocycles. The van der Waals surface area contributed by atoms with Crippen molar-refractivity contribution in [3.05, 3.63) is 113 Å². The standard InChI is InChI=1S/C28H22F3NO/c1-18-10-12-19(13-11-18)17-32-25-15-14-20-6-2-3-7-21(20)27(25)23(16-26(32)33)22-8-4-5-9-24(22)28(29,30)31/h2-15,23H,16-17H2,1H3. The zero-order valence-corrected chi connectivity index (χ0v) is 18.1. The van der Waals surface area contributed by atoms with Gasteiger partial charge in [0.05, 0.1) is 12.1 Å². The number of anilines is 1. The molecule has 5 heteroatoms. The molecule has 0 spiro atoms.